The molecule has 0 aliphatic carbocycles. The number of halogens is 3. The molecule has 1 heterocycles. The molecule has 0 bridgehead atoms. The van der Waals surface area contributed by atoms with Crippen LogP contribution >= 0.6 is 11.3 Å². The van der Waals surface area contributed by atoms with Crippen LogP contribution in [-0.2, 0) is 13.1 Å². The summed E-state index contributed by atoms with van der Waals surface area (Å²) in [5, 5.41) is 3.35. The number of hydrogen-bond donors (Lipinski definition) is 1. The van der Waals surface area contributed by atoms with Crippen LogP contribution in [0.1, 0.15) is 29.2 Å². The van der Waals surface area contributed by atoms with Gasteiger partial charge in [0.25, 0.3) is 0 Å². The topological polar surface area (TPSA) is 15.3 Å². The first-order valence-corrected chi connectivity index (χ1v) is 7.53. The molecule has 1 aromatic heterocycles. The van der Waals surface area contributed by atoms with Crippen LogP contribution in [0.2, 0.25) is 0 Å². The van der Waals surface area contributed by atoms with E-state index >= 15 is 0 Å². The molecule has 0 aliphatic rings. The van der Waals surface area contributed by atoms with Crippen molar-refractivity contribution in [2.75, 3.05) is 20.1 Å². The van der Waals surface area contributed by atoms with Gasteiger partial charge in [0, 0.05) is 22.8 Å². The average Bonchev–Trinajstić information content (AvgIpc) is 2.55. The number of rotatable bonds is 7. The zero-order chi connectivity index (χ0) is 15.3. The molecule has 1 aromatic rings. The number of aryl methyl sites for hydroxylation is 1. The highest BCUT2D eigenvalue weighted by molar-refractivity contribution is 7.12. The summed E-state index contributed by atoms with van der Waals surface area (Å²) in [6.45, 7) is 7.45. The molecular weight excluding hydrogens is 285 g/mol. The fourth-order valence-electron chi connectivity index (χ4n) is 1.97. The van der Waals surface area contributed by atoms with Gasteiger partial charge in [-0.1, -0.05) is 13.8 Å². The first-order chi connectivity index (χ1) is 9.17. The molecule has 1 N–H and O–H groups in total. The SMILES string of the molecule is Cc1sc(CNCC(C)C)cc1CN(C)CC(F)(F)F. The maximum absolute atomic E-state index is 12.3. The van der Waals surface area contributed by atoms with E-state index in [1.165, 1.54) is 16.8 Å². The quantitative estimate of drug-likeness (QED) is 0.824. The van der Waals surface area contributed by atoms with Crippen molar-refractivity contribution in [1.82, 2.24) is 10.2 Å². The number of nitrogens with zero attached hydrogens (tertiary/aromatic N) is 1. The van der Waals surface area contributed by atoms with E-state index in [1.54, 1.807) is 11.3 Å². The van der Waals surface area contributed by atoms with Gasteiger partial charge >= 0.3 is 6.18 Å². The van der Waals surface area contributed by atoms with E-state index in [2.05, 4.69) is 19.2 Å². The molecule has 20 heavy (non-hydrogen) atoms. The van der Waals surface area contributed by atoms with Gasteiger partial charge in [-0.15, -0.1) is 11.3 Å². The van der Waals surface area contributed by atoms with Crippen LogP contribution < -0.4 is 5.32 Å². The van der Waals surface area contributed by atoms with Gasteiger partial charge in [-0.25, -0.2) is 0 Å². The Morgan fingerprint density at radius 1 is 1.35 bits per heavy atom. The smallest absolute Gasteiger partial charge is 0.312 e. The van der Waals surface area contributed by atoms with Gasteiger partial charge in [0.15, 0.2) is 0 Å². The van der Waals surface area contributed by atoms with E-state index in [0.29, 0.717) is 12.5 Å². The Balaban J connectivity index is 2.52. The van der Waals surface area contributed by atoms with Crippen molar-refractivity contribution in [2.45, 2.75) is 40.0 Å². The zero-order valence-corrected chi connectivity index (χ0v) is 13.3. The van der Waals surface area contributed by atoms with Crippen molar-refractivity contribution >= 4 is 11.3 Å². The van der Waals surface area contributed by atoms with Gasteiger partial charge < -0.3 is 5.32 Å². The summed E-state index contributed by atoms with van der Waals surface area (Å²) in [6.07, 6.45) is -4.14. The first kappa shape index (κ1) is 17.5. The molecule has 2 nitrogen and oxygen atoms in total. The molecule has 0 radical (unpaired) electrons. The molecule has 0 fully saturated rings. The van der Waals surface area contributed by atoms with Crippen LogP contribution in [-0.4, -0.2) is 31.2 Å². The molecular formula is C14H23F3N2S. The van der Waals surface area contributed by atoms with E-state index in [4.69, 9.17) is 0 Å². The number of thiophene rings is 1. The second-order valence-corrected chi connectivity index (χ2v) is 6.95. The van der Waals surface area contributed by atoms with Crippen molar-refractivity contribution in [2.24, 2.45) is 5.92 Å². The van der Waals surface area contributed by atoms with E-state index in [1.807, 2.05) is 13.0 Å². The van der Waals surface area contributed by atoms with Gasteiger partial charge in [-0.2, -0.15) is 13.2 Å². The lowest BCUT2D eigenvalue weighted by Crippen LogP contribution is -2.30. The second-order valence-electron chi connectivity index (χ2n) is 5.61. The van der Waals surface area contributed by atoms with E-state index in [-0.39, 0.29) is 0 Å². The van der Waals surface area contributed by atoms with Gasteiger partial charge in [0.1, 0.15) is 0 Å². The van der Waals surface area contributed by atoms with Crippen LogP contribution in [0.15, 0.2) is 6.07 Å². The average molecular weight is 308 g/mol. The highest BCUT2D eigenvalue weighted by atomic mass is 32.1. The van der Waals surface area contributed by atoms with E-state index < -0.39 is 12.7 Å². The number of hydrogen-bond acceptors (Lipinski definition) is 3. The minimum atomic E-state index is -4.14. The van der Waals surface area contributed by atoms with Crippen molar-refractivity contribution in [3.8, 4) is 0 Å². The predicted molar refractivity (Wildman–Crippen MR) is 78.0 cm³/mol. The molecule has 0 amide bonds. The molecule has 0 spiro atoms. The Kier molecular flexibility index (Phi) is 6.48. The fourth-order valence-corrected chi connectivity index (χ4v) is 2.99. The van der Waals surface area contributed by atoms with Crippen molar-refractivity contribution in [1.29, 1.82) is 0 Å². The zero-order valence-electron chi connectivity index (χ0n) is 12.5. The maximum atomic E-state index is 12.3. The summed E-state index contributed by atoms with van der Waals surface area (Å²) in [5.74, 6) is 0.591. The van der Waals surface area contributed by atoms with Crippen LogP contribution in [0.25, 0.3) is 0 Å². The van der Waals surface area contributed by atoms with E-state index in [9.17, 15) is 13.2 Å². The third kappa shape index (κ3) is 6.72. The van der Waals surface area contributed by atoms with Gasteiger partial charge in [0.2, 0.25) is 0 Å². The molecule has 0 atom stereocenters. The molecule has 116 valence electrons. The highest BCUT2D eigenvalue weighted by Crippen LogP contribution is 2.24. The maximum Gasteiger partial charge on any atom is 0.401 e. The van der Waals surface area contributed by atoms with Crippen molar-refractivity contribution in [3.63, 3.8) is 0 Å². The Hall–Kier alpha value is -0.590. The Morgan fingerprint density at radius 2 is 2.00 bits per heavy atom. The molecule has 0 saturated heterocycles. The third-order valence-electron chi connectivity index (χ3n) is 2.81. The van der Waals surface area contributed by atoms with Gasteiger partial charge in [-0.05, 0) is 38.1 Å². The lowest BCUT2D eigenvalue weighted by molar-refractivity contribution is -0.144. The Bertz CT molecular complexity index is 413. The Labute approximate surface area is 123 Å². The monoisotopic (exact) mass is 308 g/mol. The minimum absolute atomic E-state index is 0.339. The Morgan fingerprint density at radius 3 is 2.55 bits per heavy atom. The summed E-state index contributed by atoms with van der Waals surface area (Å²) in [6, 6.07) is 2.01. The lowest BCUT2D eigenvalue weighted by atomic mass is 10.2. The van der Waals surface area contributed by atoms with Crippen LogP contribution in [0.3, 0.4) is 0 Å². The summed E-state index contributed by atoms with van der Waals surface area (Å²) in [4.78, 5) is 3.58. The second kappa shape index (κ2) is 7.43. The lowest BCUT2D eigenvalue weighted by Gasteiger charge is -2.18. The van der Waals surface area contributed by atoms with Crippen molar-refractivity contribution < 1.29 is 13.2 Å². The summed E-state index contributed by atoms with van der Waals surface area (Å²) < 4.78 is 36.9. The summed E-state index contributed by atoms with van der Waals surface area (Å²) >= 11 is 1.66. The standard InChI is InChI=1S/C14H23F3N2S/c1-10(2)6-18-7-13-5-12(11(3)20-13)8-19(4)9-14(15,16)17/h5,10,18H,6-9H2,1-4H3. The van der Waals surface area contributed by atoms with E-state index in [0.717, 1.165) is 23.5 Å². The fraction of sp³-hybridized carbons (Fsp3) is 0.714. The first-order valence-electron chi connectivity index (χ1n) is 6.71. The van der Waals surface area contributed by atoms with Gasteiger partial charge in [0.05, 0.1) is 6.54 Å². The third-order valence-corrected chi connectivity index (χ3v) is 3.91. The molecule has 0 aromatic carbocycles. The highest BCUT2D eigenvalue weighted by Gasteiger charge is 2.29. The minimum Gasteiger partial charge on any atom is -0.312 e. The van der Waals surface area contributed by atoms with Crippen LogP contribution in [0, 0.1) is 12.8 Å². The van der Waals surface area contributed by atoms with Crippen LogP contribution in [0.5, 0.6) is 0 Å². The van der Waals surface area contributed by atoms with Gasteiger partial charge in [-0.3, -0.25) is 4.90 Å². The molecule has 6 heteroatoms. The molecule has 0 saturated carbocycles. The predicted octanol–water partition coefficient (Wildman–Crippen LogP) is 3.80. The molecule has 1 rings (SSSR count). The largest absolute Gasteiger partial charge is 0.401 e. The number of alkyl halides is 3. The normalized spacial score (nSPS) is 12.7. The van der Waals surface area contributed by atoms with Crippen LogP contribution in [0.4, 0.5) is 13.2 Å². The number of nitrogens with one attached hydrogen (secondary N) is 1. The summed E-state index contributed by atoms with van der Waals surface area (Å²) in [7, 11) is 1.50. The van der Waals surface area contributed by atoms with Crippen molar-refractivity contribution in [3.05, 3.63) is 21.4 Å². The summed E-state index contributed by atoms with van der Waals surface area (Å²) in [5.41, 5.74) is 0.989. The molecule has 0 aliphatic heterocycles. The molecule has 0 unspecified atom stereocenters.